The molecule has 1 aliphatic heterocycles. The van der Waals surface area contributed by atoms with Crippen molar-refractivity contribution in [2.24, 2.45) is 0 Å². The van der Waals surface area contributed by atoms with Gasteiger partial charge in [0.2, 0.25) is 0 Å². The molecule has 1 nitrogen and oxygen atoms in total. The minimum Gasteiger partial charge on any atom is -0.285 e. The molecule has 0 spiro atoms. The number of hydrogen-bond acceptors (Lipinski definition) is 1. The van der Waals surface area contributed by atoms with Crippen molar-refractivity contribution in [3.63, 3.8) is 0 Å². The van der Waals surface area contributed by atoms with E-state index in [-0.39, 0.29) is 0 Å². The van der Waals surface area contributed by atoms with Crippen LogP contribution in [0.25, 0.3) is 11.1 Å². The van der Waals surface area contributed by atoms with Crippen molar-refractivity contribution in [2.75, 3.05) is 6.54 Å². The molecule has 96 valence electrons. The Morgan fingerprint density at radius 3 is 1.89 bits per heavy atom. The van der Waals surface area contributed by atoms with Crippen molar-refractivity contribution in [2.45, 2.75) is 31.8 Å². The van der Waals surface area contributed by atoms with Crippen LogP contribution in [0.4, 0.5) is 0 Å². The van der Waals surface area contributed by atoms with E-state index in [1.165, 1.54) is 41.6 Å². The van der Waals surface area contributed by atoms with E-state index >= 15 is 0 Å². The molecule has 4 rings (SSSR count). The van der Waals surface area contributed by atoms with E-state index in [2.05, 4.69) is 60.4 Å². The maximum Gasteiger partial charge on any atom is 0.0558 e. The second kappa shape index (κ2) is 4.21. The molecule has 0 amide bonds. The molecule has 1 heterocycles. The molecule has 1 unspecified atom stereocenters. The van der Waals surface area contributed by atoms with E-state index in [1.807, 2.05) is 0 Å². The van der Waals surface area contributed by atoms with Gasteiger partial charge < -0.3 is 0 Å². The standard InChI is InChI=1S/C18H19N/c1-2-3-12-19-17-15-10-6-4-8-13(15)14-9-5-7-11-16(14)18(17)19/h4-11,17-18H,2-3,12H2,1H3/t17-,18+,19?. The Hall–Kier alpha value is -1.60. The smallest absolute Gasteiger partial charge is 0.0558 e. The molecular formula is C18H19N. The van der Waals surface area contributed by atoms with Gasteiger partial charge in [-0.2, -0.15) is 0 Å². The second-order valence-corrected chi connectivity index (χ2v) is 5.66. The van der Waals surface area contributed by atoms with Crippen molar-refractivity contribution in [3.05, 3.63) is 59.7 Å². The predicted molar refractivity (Wildman–Crippen MR) is 79.0 cm³/mol. The molecule has 0 aromatic heterocycles. The van der Waals surface area contributed by atoms with Gasteiger partial charge in [0, 0.05) is 0 Å². The van der Waals surface area contributed by atoms with E-state index in [1.54, 1.807) is 0 Å². The SMILES string of the molecule is CCCCN1[C@@H]2c3ccccc3-c3ccccc3[C@@H]21. The first kappa shape index (κ1) is 11.2. The summed E-state index contributed by atoms with van der Waals surface area (Å²) in [4.78, 5) is 2.66. The number of fused-ring (bicyclic) bond motifs is 6. The molecule has 1 saturated heterocycles. The summed E-state index contributed by atoms with van der Waals surface area (Å²) in [6, 6.07) is 19.1. The number of rotatable bonds is 3. The van der Waals surface area contributed by atoms with Gasteiger partial charge in [-0.25, -0.2) is 0 Å². The summed E-state index contributed by atoms with van der Waals surface area (Å²) in [7, 11) is 0. The predicted octanol–water partition coefficient (Wildman–Crippen LogP) is 4.57. The van der Waals surface area contributed by atoms with Crippen molar-refractivity contribution in [3.8, 4) is 11.1 Å². The highest BCUT2D eigenvalue weighted by Crippen LogP contribution is 2.61. The third kappa shape index (κ3) is 1.58. The second-order valence-electron chi connectivity index (χ2n) is 5.66. The quantitative estimate of drug-likeness (QED) is 0.720. The normalized spacial score (nSPS) is 26.3. The van der Waals surface area contributed by atoms with Crippen molar-refractivity contribution >= 4 is 0 Å². The summed E-state index contributed by atoms with van der Waals surface area (Å²) in [5, 5.41) is 0. The Morgan fingerprint density at radius 1 is 0.842 bits per heavy atom. The van der Waals surface area contributed by atoms with Gasteiger partial charge in [-0.15, -0.1) is 0 Å². The van der Waals surface area contributed by atoms with Crippen molar-refractivity contribution in [1.29, 1.82) is 0 Å². The summed E-state index contributed by atoms with van der Waals surface area (Å²) >= 11 is 0. The van der Waals surface area contributed by atoms with Crippen LogP contribution in [0.5, 0.6) is 0 Å². The molecule has 0 N–H and O–H groups in total. The monoisotopic (exact) mass is 249 g/mol. The van der Waals surface area contributed by atoms with Gasteiger partial charge in [0.1, 0.15) is 0 Å². The van der Waals surface area contributed by atoms with Crippen LogP contribution in [0.1, 0.15) is 43.0 Å². The Balaban J connectivity index is 1.82. The molecule has 3 atom stereocenters. The Morgan fingerprint density at radius 2 is 1.37 bits per heavy atom. The third-order valence-corrected chi connectivity index (χ3v) is 4.54. The summed E-state index contributed by atoms with van der Waals surface area (Å²) < 4.78 is 0. The summed E-state index contributed by atoms with van der Waals surface area (Å²) in [5.74, 6) is 0. The van der Waals surface area contributed by atoms with E-state index in [0.29, 0.717) is 12.1 Å². The first-order valence-electron chi connectivity index (χ1n) is 7.36. The first-order valence-corrected chi connectivity index (χ1v) is 7.36. The molecule has 1 heteroatoms. The van der Waals surface area contributed by atoms with Crippen LogP contribution < -0.4 is 0 Å². The summed E-state index contributed by atoms with van der Waals surface area (Å²) in [6.45, 7) is 3.50. The molecule has 2 aromatic carbocycles. The van der Waals surface area contributed by atoms with Crippen molar-refractivity contribution in [1.82, 2.24) is 4.90 Å². The highest BCUT2D eigenvalue weighted by atomic mass is 15.4. The lowest BCUT2D eigenvalue weighted by Gasteiger charge is -2.16. The van der Waals surface area contributed by atoms with E-state index in [9.17, 15) is 0 Å². The van der Waals surface area contributed by atoms with Crippen LogP contribution in [-0.2, 0) is 0 Å². The van der Waals surface area contributed by atoms with E-state index in [0.717, 1.165) is 0 Å². The number of nitrogens with zero attached hydrogens (tertiary/aromatic N) is 1. The average Bonchev–Trinajstić information content (AvgIpc) is 3.20. The molecule has 2 aliphatic rings. The van der Waals surface area contributed by atoms with Gasteiger partial charge in [0.05, 0.1) is 12.1 Å². The lowest BCUT2D eigenvalue weighted by Crippen LogP contribution is -2.00. The maximum absolute atomic E-state index is 2.66. The molecule has 0 saturated carbocycles. The van der Waals surface area contributed by atoms with Gasteiger partial charge in [0.15, 0.2) is 0 Å². The van der Waals surface area contributed by atoms with Crippen LogP contribution in [0, 0.1) is 0 Å². The van der Waals surface area contributed by atoms with Gasteiger partial charge in [-0.05, 0) is 35.2 Å². The molecule has 19 heavy (non-hydrogen) atoms. The number of benzene rings is 2. The van der Waals surface area contributed by atoms with Crippen LogP contribution in [0.2, 0.25) is 0 Å². The molecule has 0 bridgehead atoms. The van der Waals surface area contributed by atoms with Gasteiger partial charge in [0.25, 0.3) is 0 Å². The van der Waals surface area contributed by atoms with Gasteiger partial charge in [-0.1, -0.05) is 61.9 Å². The highest BCUT2D eigenvalue weighted by Gasteiger charge is 2.52. The fraction of sp³-hybridized carbons (Fsp3) is 0.333. The van der Waals surface area contributed by atoms with E-state index in [4.69, 9.17) is 0 Å². The van der Waals surface area contributed by atoms with Crippen LogP contribution in [0.3, 0.4) is 0 Å². The number of hydrogen-bond donors (Lipinski definition) is 0. The zero-order valence-electron chi connectivity index (χ0n) is 11.3. The lowest BCUT2D eigenvalue weighted by molar-refractivity contribution is 0.469. The van der Waals surface area contributed by atoms with Crippen LogP contribution in [-0.4, -0.2) is 11.4 Å². The minimum absolute atomic E-state index is 0.637. The average molecular weight is 249 g/mol. The Labute approximate surface area is 114 Å². The zero-order chi connectivity index (χ0) is 12.8. The summed E-state index contributed by atoms with van der Waals surface area (Å²) in [6.07, 6.45) is 2.58. The van der Waals surface area contributed by atoms with Crippen LogP contribution in [0.15, 0.2) is 48.5 Å². The molecule has 1 aliphatic carbocycles. The van der Waals surface area contributed by atoms with Crippen molar-refractivity contribution < 1.29 is 0 Å². The first-order chi connectivity index (χ1) is 9.42. The molecule has 0 radical (unpaired) electrons. The Kier molecular flexibility index (Phi) is 2.49. The topological polar surface area (TPSA) is 3.01 Å². The largest absolute Gasteiger partial charge is 0.285 e. The fourth-order valence-electron chi connectivity index (χ4n) is 3.59. The van der Waals surface area contributed by atoms with E-state index < -0.39 is 0 Å². The number of unbranched alkanes of at least 4 members (excludes halogenated alkanes) is 1. The Bertz CT molecular complexity index is 565. The minimum atomic E-state index is 0.637. The maximum atomic E-state index is 2.66. The van der Waals surface area contributed by atoms with Gasteiger partial charge >= 0.3 is 0 Å². The third-order valence-electron chi connectivity index (χ3n) is 4.54. The fourth-order valence-corrected chi connectivity index (χ4v) is 3.59. The lowest BCUT2D eigenvalue weighted by atomic mass is 9.86. The zero-order valence-corrected chi connectivity index (χ0v) is 11.3. The summed E-state index contributed by atoms with van der Waals surface area (Å²) in [5.41, 5.74) is 5.95. The van der Waals surface area contributed by atoms with Crippen LogP contribution >= 0.6 is 0 Å². The highest BCUT2D eigenvalue weighted by molar-refractivity contribution is 5.76. The molecule has 2 aromatic rings. The molecule has 1 fully saturated rings. The molecular weight excluding hydrogens is 230 g/mol. The van der Waals surface area contributed by atoms with Gasteiger partial charge in [-0.3, -0.25) is 4.90 Å².